The van der Waals surface area contributed by atoms with E-state index in [1.165, 1.54) is 5.38 Å². The minimum absolute atomic E-state index is 0.0180. The number of carbonyl (C=O) groups is 2. The number of aliphatic hydroxyl groups excluding tert-OH is 1. The van der Waals surface area contributed by atoms with Crippen molar-refractivity contribution < 1.29 is 19.8 Å². The van der Waals surface area contributed by atoms with Crippen LogP contribution in [0.2, 0.25) is 0 Å². The van der Waals surface area contributed by atoms with Crippen LogP contribution in [0.4, 0.5) is 0 Å². The van der Waals surface area contributed by atoms with Gasteiger partial charge in [-0.25, -0.2) is 9.78 Å². The molecule has 0 spiro atoms. The van der Waals surface area contributed by atoms with Crippen LogP contribution in [0.5, 0.6) is 0 Å². The van der Waals surface area contributed by atoms with E-state index in [2.05, 4.69) is 10.3 Å². The molecule has 1 amide bonds. The first-order valence-corrected chi connectivity index (χ1v) is 8.78. The molecule has 0 aromatic carbocycles. The fraction of sp³-hybridized carbons (Fsp3) is 0.688. The molecule has 0 aliphatic rings. The molecule has 1 aromatic rings. The fourth-order valence-electron chi connectivity index (χ4n) is 2.10. The summed E-state index contributed by atoms with van der Waals surface area (Å²) in [5.74, 6) is -0.646. The molecule has 0 bridgehead atoms. The van der Waals surface area contributed by atoms with Gasteiger partial charge < -0.3 is 15.5 Å². The van der Waals surface area contributed by atoms with Crippen LogP contribution < -0.4 is 5.32 Å². The van der Waals surface area contributed by atoms with Gasteiger partial charge in [-0.2, -0.15) is 0 Å². The van der Waals surface area contributed by atoms with Crippen LogP contribution in [-0.2, 0) is 4.79 Å². The van der Waals surface area contributed by atoms with Gasteiger partial charge >= 0.3 is 5.97 Å². The Morgan fingerprint density at radius 3 is 2.48 bits per heavy atom. The molecule has 0 radical (unpaired) electrons. The van der Waals surface area contributed by atoms with Crippen molar-refractivity contribution in [3.63, 3.8) is 0 Å². The maximum absolute atomic E-state index is 12.1. The molecule has 3 atom stereocenters. The Morgan fingerprint density at radius 2 is 2.00 bits per heavy atom. The predicted octanol–water partition coefficient (Wildman–Crippen LogP) is 2.84. The Hall–Kier alpha value is -1.47. The molecule has 7 heteroatoms. The molecular formula is C16H26N2O4S. The van der Waals surface area contributed by atoms with Gasteiger partial charge in [-0.1, -0.05) is 34.1 Å². The average molecular weight is 342 g/mol. The lowest BCUT2D eigenvalue weighted by Crippen LogP contribution is -2.40. The average Bonchev–Trinajstić information content (AvgIpc) is 2.96. The summed E-state index contributed by atoms with van der Waals surface area (Å²) >= 11 is 1.12. The molecule has 1 heterocycles. The highest BCUT2D eigenvalue weighted by Gasteiger charge is 2.24. The normalized spacial score (nSPS) is 15.2. The van der Waals surface area contributed by atoms with Crippen LogP contribution in [0.25, 0.3) is 0 Å². The number of carboxylic acid groups (broad SMARTS) is 1. The Morgan fingerprint density at radius 1 is 1.35 bits per heavy atom. The number of aromatic carboxylic acids is 1. The van der Waals surface area contributed by atoms with Gasteiger partial charge in [-0.15, -0.1) is 11.3 Å². The van der Waals surface area contributed by atoms with E-state index in [9.17, 15) is 14.7 Å². The number of hydrogen-bond acceptors (Lipinski definition) is 5. The first-order chi connectivity index (χ1) is 10.7. The van der Waals surface area contributed by atoms with Crippen molar-refractivity contribution in [3.8, 4) is 0 Å². The van der Waals surface area contributed by atoms with Gasteiger partial charge in [0.1, 0.15) is 11.1 Å². The van der Waals surface area contributed by atoms with E-state index in [0.717, 1.165) is 17.8 Å². The second kappa shape index (κ2) is 8.98. The number of nitrogens with zero attached hydrogens (tertiary/aromatic N) is 1. The van der Waals surface area contributed by atoms with Gasteiger partial charge in [0.15, 0.2) is 5.69 Å². The number of hydrogen-bond donors (Lipinski definition) is 3. The van der Waals surface area contributed by atoms with E-state index in [1.807, 2.05) is 27.7 Å². The Bertz CT molecular complexity index is 530. The standard InChI is InChI=1S/C16H26N2O4S/c1-5-10(4)6-14(20)17-11(9(2)3)7-13(19)15-18-12(8-23-15)16(21)22/h8-11,13,19H,5-7H2,1-4H3,(H,17,20)(H,21,22)/t10-,11?,13?/m0/s1. The van der Waals surface area contributed by atoms with E-state index in [0.29, 0.717) is 23.8 Å². The van der Waals surface area contributed by atoms with Gasteiger partial charge in [0, 0.05) is 24.3 Å². The van der Waals surface area contributed by atoms with Gasteiger partial charge in [0.05, 0.1) is 0 Å². The van der Waals surface area contributed by atoms with E-state index in [1.54, 1.807) is 0 Å². The minimum atomic E-state index is -1.11. The van der Waals surface area contributed by atoms with E-state index in [4.69, 9.17) is 5.11 Å². The summed E-state index contributed by atoms with van der Waals surface area (Å²) in [4.78, 5) is 26.8. The molecule has 3 N–H and O–H groups in total. The molecule has 0 fully saturated rings. The number of aromatic nitrogens is 1. The van der Waals surface area contributed by atoms with Crippen LogP contribution in [0.3, 0.4) is 0 Å². The third-order valence-corrected chi connectivity index (χ3v) is 4.83. The van der Waals surface area contributed by atoms with Crippen molar-refractivity contribution in [3.05, 3.63) is 16.1 Å². The first kappa shape index (κ1) is 19.6. The van der Waals surface area contributed by atoms with Crippen LogP contribution >= 0.6 is 11.3 Å². The summed E-state index contributed by atoms with van der Waals surface area (Å²) < 4.78 is 0. The first-order valence-electron chi connectivity index (χ1n) is 7.90. The Kier molecular flexibility index (Phi) is 7.64. The van der Waals surface area contributed by atoms with Crippen LogP contribution in [-0.4, -0.2) is 33.1 Å². The summed E-state index contributed by atoms with van der Waals surface area (Å²) in [6.07, 6.45) is 0.844. The molecule has 1 rings (SSSR count). The lowest BCUT2D eigenvalue weighted by molar-refractivity contribution is -0.123. The van der Waals surface area contributed by atoms with Gasteiger partial charge in [0.25, 0.3) is 0 Å². The molecule has 0 aliphatic heterocycles. The topological polar surface area (TPSA) is 99.5 Å². The lowest BCUT2D eigenvalue weighted by atomic mass is 9.97. The zero-order chi connectivity index (χ0) is 17.6. The van der Waals surface area contributed by atoms with Crippen LogP contribution in [0, 0.1) is 11.8 Å². The predicted molar refractivity (Wildman–Crippen MR) is 89.5 cm³/mol. The van der Waals surface area contributed by atoms with Crippen molar-refractivity contribution >= 4 is 23.2 Å². The Balaban J connectivity index is 2.67. The highest BCUT2D eigenvalue weighted by atomic mass is 32.1. The fourth-order valence-corrected chi connectivity index (χ4v) is 2.89. The van der Waals surface area contributed by atoms with E-state index >= 15 is 0 Å². The summed E-state index contributed by atoms with van der Waals surface area (Å²) in [6, 6.07) is -0.182. The van der Waals surface area contributed by atoms with Crippen molar-refractivity contribution in [1.29, 1.82) is 0 Å². The maximum atomic E-state index is 12.1. The highest BCUT2D eigenvalue weighted by molar-refractivity contribution is 7.09. The summed E-state index contributed by atoms with van der Waals surface area (Å²) in [5.41, 5.74) is -0.0639. The van der Waals surface area contributed by atoms with Crippen molar-refractivity contribution in [2.24, 2.45) is 11.8 Å². The number of nitrogens with one attached hydrogen (secondary N) is 1. The van der Waals surface area contributed by atoms with Gasteiger partial charge in [-0.05, 0) is 11.8 Å². The molecule has 0 aliphatic carbocycles. The van der Waals surface area contributed by atoms with Crippen LogP contribution in [0.1, 0.15) is 68.6 Å². The third-order valence-electron chi connectivity index (χ3n) is 3.89. The molecule has 1 aromatic heterocycles. The van der Waals surface area contributed by atoms with E-state index < -0.39 is 12.1 Å². The second-order valence-electron chi connectivity index (χ2n) is 6.26. The molecule has 2 unspecified atom stereocenters. The van der Waals surface area contributed by atoms with Crippen molar-refractivity contribution in [1.82, 2.24) is 10.3 Å². The molecule has 0 saturated heterocycles. The smallest absolute Gasteiger partial charge is 0.355 e. The molecule has 0 saturated carbocycles. The van der Waals surface area contributed by atoms with Crippen molar-refractivity contribution in [2.75, 3.05) is 0 Å². The second-order valence-corrected chi connectivity index (χ2v) is 7.15. The highest BCUT2D eigenvalue weighted by Crippen LogP contribution is 2.24. The summed E-state index contributed by atoms with van der Waals surface area (Å²) in [7, 11) is 0. The Labute approximate surface area is 140 Å². The van der Waals surface area contributed by atoms with Crippen molar-refractivity contribution in [2.45, 2.75) is 59.1 Å². The SMILES string of the molecule is CC[C@H](C)CC(=O)NC(CC(O)c1nc(C(=O)O)cs1)C(C)C. The zero-order valence-electron chi connectivity index (χ0n) is 14.1. The number of carbonyl (C=O) groups excluding carboxylic acids is 1. The number of rotatable bonds is 9. The number of carboxylic acids is 1. The summed E-state index contributed by atoms with van der Waals surface area (Å²) in [5, 5.41) is 23.9. The number of amides is 1. The lowest BCUT2D eigenvalue weighted by Gasteiger charge is -2.25. The quantitative estimate of drug-likeness (QED) is 0.641. The largest absolute Gasteiger partial charge is 0.476 e. The molecule has 6 nitrogen and oxygen atoms in total. The molecular weight excluding hydrogens is 316 g/mol. The molecule has 23 heavy (non-hydrogen) atoms. The maximum Gasteiger partial charge on any atom is 0.355 e. The van der Waals surface area contributed by atoms with Gasteiger partial charge in [0.2, 0.25) is 5.91 Å². The summed E-state index contributed by atoms with van der Waals surface area (Å²) in [6.45, 7) is 8.03. The zero-order valence-corrected chi connectivity index (χ0v) is 14.9. The molecule has 130 valence electrons. The minimum Gasteiger partial charge on any atom is -0.476 e. The third kappa shape index (κ3) is 6.27. The van der Waals surface area contributed by atoms with Gasteiger partial charge in [-0.3, -0.25) is 4.79 Å². The van der Waals surface area contributed by atoms with Crippen LogP contribution in [0.15, 0.2) is 5.38 Å². The van der Waals surface area contributed by atoms with E-state index in [-0.39, 0.29) is 23.6 Å². The number of aliphatic hydroxyl groups is 1. The number of thiazole rings is 1. The monoisotopic (exact) mass is 342 g/mol.